The molecule has 11 heteroatoms. The minimum absolute atomic E-state index is 0.0685. The summed E-state index contributed by atoms with van der Waals surface area (Å²) < 4.78 is 50.8. The van der Waals surface area contributed by atoms with Crippen molar-refractivity contribution < 1.29 is 23.0 Å². The van der Waals surface area contributed by atoms with Crippen LogP contribution in [0.3, 0.4) is 0 Å². The Balaban J connectivity index is 1.61. The smallest absolute Gasteiger partial charge is 0.260 e. The van der Waals surface area contributed by atoms with E-state index in [0.29, 0.717) is 59.3 Å². The molecule has 2 aromatic heterocycles. The minimum Gasteiger partial charge on any atom is -0.389 e. The number of hydrogen-bond donors (Lipinski definition) is 2. The van der Waals surface area contributed by atoms with E-state index in [2.05, 4.69) is 15.3 Å². The fraction of sp³-hybridized carbons (Fsp3) is 0.552. The van der Waals surface area contributed by atoms with Crippen molar-refractivity contribution in [1.82, 2.24) is 19.4 Å². The number of piperidine rings is 1. The zero-order chi connectivity index (χ0) is 28.8. The van der Waals surface area contributed by atoms with Crippen LogP contribution in [0, 0.1) is 19.7 Å². The monoisotopic (exact) mass is 559 g/mol. The van der Waals surface area contributed by atoms with Crippen LogP contribution >= 0.6 is 0 Å². The maximum atomic E-state index is 15.2. The third kappa shape index (κ3) is 5.59. The number of alkyl halides is 2. The van der Waals surface area contributed by atoms with E-state index in [1.165, 1.54) is 0 Å². The summed E-state index contributed by atoms with van der Waals surface area (Å²) in [6.45, 7) is 8.57. The number of aryl methyl sites for hydroxylation is 1. The van der Waals surface area contributed by atoms with Gasteiger partial charge in [0, 0.05) is 47.8 Å². The molecule has 2 atom stereocenters. The van der Waals surface area contributed by atoms with Crippen molar-refractivity contribution in [2.24, 2.45) is 0 Å². The predicted octanol–water partition coefficient (Wildman–Crippen LogP) is 4.59. The van der Waals surface area contributed by atoms with E-state index in [1.54, 1.807) is 30.9 Å². The highest BCUT2D eigenvalue weighted by Crippen LogP contribution is 2.33. The van der Waals surface area contributed by atoms with Crippen molar-refractivity contribution in [3.05, 3.63) is 51.2 Å². The SMILES string of the molecule is Cc1cc2c(=O)c(C)c(CN3CCCC(F)(F)C3)n(C(C)C)c2cc1-c1nc(N[C@@H]2CCOC[C@H]2O)ncc1F. The van der Waals surface area contributed by atoms with Gasteiger partial charge in [0.25, 0.3) is 5.92 Å². The Morgan fingerprint density at radius 1 is 1.27 bits per heavy atom. The standard InChI is InChI=1S/C29H36F3N5O3/c1-16(2)37-23-11-19(26-21(30)12-33-28(35-26)34-22-6-9-40-14-25(22)38)17(3)10-20(23)27(39)18(4)24(37)13-36-8-5-7-29(31,32)15-36/h10-12,16,22,25,38H,5-9,13-15H2,1-4H3,(H,33,34,35)/t22-,25-/m1/s1. The molecule has 3 aromatic rings. The number of nitrogens with zero attached hydrogens (tertiary/aromatic N) is 4. The fourth-order valence-corrected chi connectivity index (χ4v) is 5.85. The van der Waals surface area contributed by atoms with Crippen LogP contribution in [0.2, 0.25) is 0 Å². The van der Waals surface area contributed by atoms with E-state index >= 15 is 4.39 Å². The summed E-state index contributed by atoms with van der Waals surface area (Å²) in [4.78, 5) is 23.8. The van der Waals surface area contributed by atoms with Gasteiger partial charge in [0.15, 0.2) is 11.2 Å². The molecular formula is C29H36F3N5O3. The van der Waals surface area contributed by atoms with E-state index < -0.39 is 17.8 Å². The number of benzene rings is 1. The number of aliphatic hydroxyl groups excluding tert-OH is 1. The van der Waals surface area contributed by atoms with Gasteiger partial charge in [0.05, 0.1) is 37.0 Å². The Labute approximate surface area is 231 Å². The van der Waals surface area contributed by atoms with Crippen LogP contribution in [-0.4, -0.2) is 68.9 Å². The molecule has 216 valence electrons. The number of ether oxygens (including phenoxy) is 1. The maximum Gasteiger partial charge on any atom is 0.260 e. The highest BCUT2D eigenvalue weighted by molar-refractivity contribution is 5.87. The average Bonchev–Trinajstić information content (AvgIpc) is 2.89. The van der Waals surface area contributed by atoms with Gasteiger partial charge in [-0.1, -0.05) is 0 Å². The first-order valence-corrected chi connectivity index (χ1v) is 13.8. The maximum absolute atomic E-state index is 15.2. The Morgan fingerprint density at radius 3 is 2.75 bits per heavy atom. The lowest BCUT2D eigenvalue weighted by Gasteiger charge is -2.34. The molecule has 2 N–H and O–H groups in total. The van der Waals surface area contributed by atoms with Crippen molar-refractivity contribution in [3.63, 3.8) is 0 Å². The molecule has 0 spiro atoms. The molecule has 40 heavy (non-hydrogen) atoms. The Bertz CT molecular complexity index is 1480. The van der Waals surface area contributed by atoms with Gasteiger partial charge in [0.2, 0.25) is 5.95 Å². The van der Waals surface area contributed by atoms with Crippen LogP contribution < -0.4 is 10.7 Å². The number of pyridine rings is 1. The summed E-state index contributed by atoms with van der Waals surface area (Å²) in [6, 6.07) is 3.08. The molecule has 0 unspecified atom stereocenters. The average molecular weight is 560 g/mol. The van der Waals surface area contributed by atoms with Gasteiger partial charge in [-0.05, 0) is 64.8 Å². The largest absolute Gasteiger partial charge is 0.389 e. The molecule has 4 heterocycles. The molecule has 0 bridgehead atoms. The molecule has 0 radical (unpaired) electrons. The number of nitrogens with one attached hydrogen (secondary N) is 1. The quantitative estimate of drug-likeness (QED) is 0.457. The van der Waals surface area contributed by atoms with Crippen molar-refractivity contribution in [2.45, 2.75) is 77.6 Å². The summed E-state index contributed by atoms with van der Waals surface area (Å²) in [6.07, 6.45) is 1.16. The second-order valence-electron chi connectivity index (χ2n) is 11.3. The van der Waals surface area contributed by atoms with Crippen molar-refractivity contribution in [1.29, 1.82) is 0 Å². The molecule has 0 aliphatic carbocycles. The zero-order valence-corrected chi connectivity index (χ0v) is 23.3. The number of halogens is 3. The van der Waals surface area contributed by atoms with Gasteiger partial charge >= 0.3 is 0 Å². The minimum atomic E-state index is -2.76. The number of aliphatic hydroxyl groups is 1. The third-order valence-corrected chi connectivity index (χ3v) is 7.91. The first-order chi connectivity index (χ1) is 18.9. The van der Waals surface area contributed by atoms with E-state index in [9.17, 15) is 18.7 Å². The summed E-state index contributed by atoms with van der Waals surface area (Å²) in [5, 5.41) is 13.8. The first-order valence-electron chi connectivity index (χ1n) is 13.8. The Kier molecular flexibility index (Phi) is 7.91. The number of rotatable bonds is 6. The summed E-state index contributed by atoms with van der Waals surface area (Å²) in [5.41, 5.74) is 2.86. The van der Waals surface area contributed by atoms with Gasteiger partial charge in [-0.2, -0.15) is 0 Å². The molecule has 2 aliphatic heterocycles. The lowest BCUT2D eigenvalue weighted by Crippen LogP contribution is -2.43. The number of likely N-dealkylation sites (tertiary alicyclic amines) is 1. The first kappa shape index (κ1) is 28.5. The van der Waals surface area contributed by atoms with E-state index in [1.807, 2.05) is 18.4 Å². The molecule has 2 aliphatic rings. The van der Waals surface area contributed by atoms with Crippen LogP contribution in [0.4, 0.5) is 19.1 Å². The summed E-state index contributed by atoms with van der Waals surface area (Å²) >= 11 is 0. The predicted molar refractivity (Wildman–Crippen MR) is 147 cm³/mol. The molecule has 2 saturated heterocycles. The summed E-state index contributed by atoms with van der Waals surface area (Å²) in [7, 11) is 0. The number of hydrogen-bond acceptors (Lipinski definition) is 7. The molecular weight excluding hydrogens is 523 g/mol. The van der Waals surface area contributed by atoms with Gasteiger partial charge < -0.3 is 19.7 Å². The highest BCUT2D eigenvalue weighted by atomic mass is 19.3. The van der Waals surface area contributed by atoms with Gasteiger partial charge in [0.1, 0.15) is 5.69 Å². The fourth-order valence-electron chi connectivity index (χ4n) is 5.85. The highest BCUT2D eigenvalue weighted by Gasteiger charge is 2.35. The van der Waals surface area contributed by atoms with Crippen molar-refractivity contribution >= 4 is 16.9 Å². The van der Waals surface area contributed by atoms with E-state index in [4.69, 9.17) is 4.74 Å². The molecule has 1 aromatic carbocycles. The van der Waals surface area contributed by atoms with Crippen LogP contribution in [0.15, 0.2) is 23.1 Å². The molecule has 0 amide bonds. The Morgan fingerprint density at radius 2 is 2.05 bits per heavy atom. The Hall–Kier alpha value is -3.02. The van der Waals surface area contributed by atoms with Crippen LogP contribution in [-0.2, 0) is 11.3 Å². The molecule has 8 nitrogen and oxygen atoms in total. The van der Waals surface area contributed by atoms with Gasteiger partial charge in [-0.15, -0.1) is 0 Å². The van der Waals surface area contributed by atoms with E-state index in [0.717, 1.165) is 6.20 Å². The molecule has 0 saturated carbocycles. The van der Waals surface area contributed by atoms with E-state index in [-0.39, 0.29) is 55.3 Å². The number of aromatic nitrogens is 3. The number of anilines is 1. The topological polar surface area (TPSA) is 92.5 Å². The third-order valence-electron chi connectivity index (χ3n) is 7.91. The molecule has 5 rings (SSSR count). The lowest BCUT2D eigenvalue weighted by atomic mass is 9.98. The second-order valence-corrected chi connectivity index (χ2v) is 11.3. The normalized spacial score (nSPS) is 21.7. The van der Waals surface area contributed by atoms with Gasteiger partial charge in [-0.25, -0.2) is 23.1 Å². The number of fused-ring (bicyclic) bond motifs is 1. The van der Waals surface area contributed by atoms with Crippen molar-refractivity contribution in [2.75, 3.05) is 31.6 Å². The van der Waals surface area contributed by atoms with Crippen LogP contribution in [0.1, 0.15) is 56.0 Å². The lowest BCUT2D eigenvalue weighted by molar-refractivity contribution is -0.0666. The second kappa shape index (κ2) is 11.1. The van der Waals surface area contributed by atoms with Crippen molar-refractivity contribution in [3.8, 4) is 11.3 Å². The van der Waals surface area contributed by atoms with Crippen LogP contribution in [0.5, 0.6) is 0 Å². The van der Waals surface area contributed by atoms with Crippen LogP contribution in [0.25, 0.3) is 22.2 Å². The van der Waals surface area contributed by atoms with Gasteiger partial charge in [-0.3, -0.25) is 9.69 Å². The zero-order valence-electron chi connectivity index (χ0n) is 23.3. The summed E-state index contributed by atoms with van der Waals surface area (Å²) in [5.74, 6) is -3.20. The molecule has 2 fully saturated rings.